The number of carbonyl (C=O) groups is 2. The van der Waals surface area contributed by atoms with Gasteiger partial charge in [0, 0.05) is 5.69 Å². The van der Waals surface area contributed by atoms with Crippen LogP contribution in [-0.2, 0) is 6.54 Å². The number of carbonyl (C=O) groups excluding carboxylic acids is 1. The number of aromatic nitrogens is 1. The van der Waals surface area contributed by atoms with E-state index in [0.29, 0.717) is 16.4 Å². The topological polar surface area (TPSA) is 91.3 Å². The summed E-state index contributed by atoms with van der Waals surface area (Å²) in [5.74, 6) is -1.000. The van der Waals surface area contributed by atoms with Crippen molar-refractivity contribution < 1.29 is 14.7 Å². The van der Waals surface area contributed by atoms with Crippen molar-refractivity contribution in [2.24, 2.45) is 0 Å². The fraction of sp³-hybridized carbons (Fsp3) is 0.214. The number of hydrogen-bond donors (Lipinski definition) is 3. The monoisotopic (exact) mass is 305 g/mol. The molecule has 0 atom stereocenters. The van der Waals surface area contributed by atoms with Crippen molar-refractivity contribution in [3.63, 3.8) is 0 Å². The SMILES string of the molecule is Cc1ccc(NC(=O)NCc2nc(C)c(C(=O)O)s2)cc1. The van der Waals surface area contributed by atoms with Crippen molar-refractivity contribution >= 4 is 29.0 Å². The number of thiazole rings is 1. The zero-order valence-corrected chi connectivity index (χ0v) is 12.5. The van der Waals surface area contributed by atoms with Crippen LogP contribution < -0.4 is 10.6 Å². The molecule has 1 heterocycles. The van der Waals surface area contributed by atoms with Gasteiger partial charge in [0.25, 0.3) is 0 Å². The smallest absolute Gasteiger partial charge is 0.347 e. The summed E-state index contributed by atoms with van der Waals surface area (Å²) in [4.78, 5) is 27.0. The Balaban J connectivity index is 1.90. The fourth-order valence-electron chi connectivity index (χ4n) is 1.69. The second kappa shape index (κ2) is 6.36. The van der Waals surface area contributed by atoms with E-state index < -0.39 is 5.97 Å². The van der Waals surface area contributed by atoms with E-state index >= 15 is 0 Å². The number of benzene rings is 1. The molecule has 1 aromatic carbocycles. The summed E-state index contributed by atoms with van der Waals surface area (Å²) in [5.41, 5.74) is 2.27. The van der Waals surface area contributed by atoms with E-state index in [1.165, 1.54) is 0 Å². The van der Waals surface area contributed by atoms with E-state index in [9.17, 15) is 9.59 Å². The Bertz CT molecular complexity index is 665. The molecule has 0 saturated carbocycles. The molecule has 0 fully saturated rings. The van der Waals surface area contributed by atoms with Crippen molar-refractivity contribution in [2.75, 3.05) is 5.32 Å². The largest absolute Gasteiger partial charge is 0.477 e. The third-order valence-corrected chi connectivity index (χ3v) is 3.89. The highest BCUT2D eigenvalue weighted by molar-refractivity contribution is 7.13. The molecule has 110 valence electrons. The molecule has 7 heteroatoms. The lowest BCUT2D eigenvalue weighted by molar-refractivity contribution is 0.0701. The van der Waals surface area contributed by atoms with Gasteiger partial charge in [-0.05, 0) is 26.0 Å². The maximum Gasteiger partial charge on any atom is 0.347 e. The van der Waals surface area contributed by atoms with Gasteiger partial charge >= 0.3 is 12.0 Å². The lowest BCUT2D eigenvalue weighted by Gasteiger charge is -2.06. The first-order valence-electron chi connectivity index (χ1n) is 6.27. The molecule has 1 aromatic heterocycles. The Morgan fingerprint density at radius 3 is 2.48 bits per heavy atom. The van der Waals surface area contributed by atoms with E-state index in [2.05, 4.69) is 15.6 Å². The van der Waals surface area contributed by atoms with Gasteiger partial charge in [0.1, 0.15) is 9.88 Å². The average molecular weight is 305 g/mol. The quantitative estimate of drug-likeness (QED) is 0.810. The molecule has 0 aliphatic carbocycles. The molecule has 0 radical (unpaired) electrons. The first-order chi connectivity index (χ1) is 9.95. The molecule has 0 aliphatic heterocycles. The number of aromatic carboxylic acids is 1. The predicted octanol–water partition coefficient (Wildman–Crippen LogP) is 2.78. The lowest BCUT2D eigenvalue weighted by atomic mass is 10.2. The van der Waals surface area contributed by atoms with Crippen molar-refractivity contribution in [2.45, 2.75) is 20.4 Å². The molecular weight excluding hydrogens is 290 g/mol. The Hall–Kier alpha value is -2.41. The van der Waals surface area contributed by atoms with Crippen molar-refractivity contribution in [1.29, 1.82) is 0 Å². The van der Waals surface area contributed by atoms with E-state index in [1.807, 2.05) is 31.2 Å². The molecule has 21 heavy (non-hydrogen) atoms. The molecule has 0 bridgehead atoms. The third kappa shape index (κ3) is 4.03. The Morgan fingerprint density at radius 2 is 1.90 bits per heavy atom. The molecule has 2 aromatic rings. The highest BCUT2D eigenvalue weighted by atomic mass is 32.1. The van der Waals surface area contributed by atoms with Crippen molar-refractivity contribution in [3.05, 3.63) is 45.4 Å². The van der Waals surface area contributed by atoms with Crippen LogP contribution in [0.15, 0.2) is 24.3 Å². The summed E-state index contributed by atoms with van der Waals surface area (Å²) >= 11 is 1.06. The van der Waals surface area contributed by atoms with E-state index in [-0.39, 0.29) is 17.5 Å². The Kier molecular flexibility index (Phi) is 4.54. The van der Waals surface area contributed by atoms with E-state index in [4.69, 9.17) is 5.11 Å². The average Bonchev–Trinajstić information content (AvgIpc) is 2.81. The van der Waals surface area contributed by atoms with Crippen LogP contribution in [0.5, 0.6) is 0 Å². The van der Waals surface area contributed by atoms with Gasteiger partial charge in [-0.15, -0.1) is 11.3 Å². The van der Waals surface area contributed by atoms with E-state index in [1.54, 1.807) is 6.92 Å². The Labute approximate surface area is 125 Å². The third-order valence-electron chi connectivity index (χ3n) is 2.74. The number of nitrogens with one attached hydrogen (secondary N) is 2. The van der Waals surface area contributed by atoms with Gasteiger partial charge < -0.3 is 15.7 Å². The number of hydrogen-bond acceptors (Lipinski definition) is 4. The molecule has 0 unspecified atom stereocenters. The highest BCUT2D eigenvalue weighted by Crippen LogP contribution is 2.17. The molecule has 2 amide bonds. The summed E-state index contributed by atoms with van der Waals surface area (Å²) in [6.07, 6.45) is 0. The zero-order valence-electron chi connectivity index (χ0n) is 11.6. The molecule has 0 saturated heterocycles. The van der Waals surface area contributed by atoms with Crippen LogP contribution in [0.25, 0.3) is 0 Å². The van der Waals surface area contributed by atoms with Crippen LogP contribution in [-0.4, -0.2) is 22.1 Å². The molecule has 2 rings (SSSR count). The van der Waals surface area contributed by atoms with Crippen molar-refractivity contribution in [3.8, 4) is 0 Å². The maximum absolute atomic E-state index is 11.7. The first-order valence-corrected chi connectivity index (χ1v) is 7.08. The molecule has 6 nitrogen and oxygen atoms in total. The van der Waals surface area contributed by atoms with E-state index in [0.717, 1.165) is 16.9 Å². The molecule has 0 spiro atoms. The second-order valence-electron chi connectivity index (χ2n) is 4.50. The molecule has 0 aliphatic rings. The van der Waals surface area contributed by atoms with Gasteiger partial charge in [0.05, 0.1) is 12.2 Å². The Morgan fingerprint density at radius 1 is 1.24 bits per heavy atom. The molecular formula is C14H15N3O3S. The zero-order chi connectivity index (χ0) is 15.4. The summed E-state index contributed by atoms with van der Waals surface area (Å²) < 4.78 is 0. The summed E-state index contributed by atoms with van der Waals surface area (Å²) in [5, 5.41) is 14.8. The summed E-state index contributed by atoms with van der Waals surface area (Å²) in [7, 11) is 0. The summed E-state index contributed by atoms with van der Waals surface area (Å²) in [6.45, 7) is 3.79. The minimum atomic E-state index is -1.000. The number of amides is 2. The highest BCUT2D eigenvalue weighted by Gasteiger charge is 2.14. The van der Waals surface area contributed by atoms with Gasteiger partial charge in [-0.1, -0.05) is 17.7 Å². The minimum Gasteiger partial charge on any atom is -0.477 e. The van der Waals surface area contributed by atoms with Gasteiger partial charge in [-0.2, -0.15) is 0 Å². The van der Waals surface area contributed by atoms with Crippen molar-refractivity contribution in [1.82, 2.24) is 10.3 Å². The number of rotatable bonds is 4. The standard InChI is InChI=1S/C14H15N3O3S/c1-8-3-5-10(6-4-8)17-14(20)15-7-11-16-9(2)12(21-11)13(18)19/h3-6H,7H2,1-2H3,(H,18,19)(H2,15,17,20). The fourth-order valence-corrected chi connectivity index (χ4v) is 2.54. The number of anilines is 1. The van der Waals surface area contributed by atoms with Crippen LogP contribution in [0.4, 0.5) is 10.5 Å². The first kappa shape index (κ1) is 15.0. The van der Waals surface area contributed by atoms with Gasteiger partial charge in [0.15, 0.2) is 0 Å². The lowest BCUT2D eigenvalue weighted by Crippen LogP contribution is -2.28. The van der Waals surface area contributed by atoms with Gasteiger partial charge in [-0.25, -0.2) is 14.6 Å². The number of aryl methyl sites for hydroxylation is 2. The minimum absolute atomic E-state index is 0.191. The van der Waals surface area contributed by atoms with Gasteiger partial charge in [0.2, 0.25) is 0 Å². The number of carboxylic acid groups (broad SMARTS) is 1. The molecule has 3 N–H and O–H groups in total. The van der Waals surface area contributed by atoms with Crippen LogP contribution >= 0.6 is 11.3 Å². The predicted molar refractivity (Wildman–Crippen MR) is 80.8 cm³/mol. The normalized spacial score (nSPS) is 10.2. The number of urea groups is 1. The van der Waals surface area contributed by atoms with Crippen LogP contribution in [0, 0.1) is 13.8 Å². The summed E-state index contributed by atoms with van der Waals surface area (Å²) in [6, 6.07) is 7.07. The van der Waals surface area contributed by atoms with Gasteiger partial charge in [-0.3, -0.25) is 0 Å². The second-order valence-corrected chi connectivity index (χ2v) is 5.58. The number of nitrogens with zero attached hydrogens (tertiary/aromatic N) is 1. The number of carboxylic acids is 1. The maximum atomic E-state index is 11.7. The van der Waals surface area contributed by atoms with Crippen LogP contribution in [0.3, 0.4) is 0 Å². The van der Waals surface area contributed by atoms with Crippen LogP contribution in [0.1, 0.15) is 25.9 Å². The van der Waals surface area contributed by atoms with Crippen LogP contribution in [0.2, 0.25) is 0 Å².